The van der Waals surface area contributed by atoms with Crippen LogP contribution in [0.1, 0.15) is 30.5 Å². The van der Waals surface area contributed by atoms with E-state index in [1.54, 1.807) is 0 Å². The maximum absolute atomic E-state index is 4.59. The quantitative estimate of drug-likeness (QED) is 0.858. The fourth-order valence-electron chi connectivity index (χ4n) is 4.27. The highest BCUT2D eigenvalue weighted by molar-refractivity contribution is 5.32. The smallest absolute Gasteiger partial charge is 0.225 e. The molecule has 4 heterocycles. The highest BCUT2D eigenvalue weighted by Gasteiger charge is 2.32. The molecule has 0 unspecified atom stereocenters. The van der Waals surface area contributed by atoms with E-state index in [4.69, 9.17) is 0 Å². The molecule has 0 N–H and O–H groups in total. The summed E-state index contributed by atoms with van der Waals surface area (Å²) in [5, 5.41) is 0. The van der Waals surface area contributed by atoms with Crippen LogP contribution in [0.4, 0.5) is 5.95 Å². The molecule has 2 aromatic rings. The summed E-state index contributed by atoms with van der Waals surface area (Å²) in [5.74, 6) is 2.56. The largest absolute Gasteiger partial charge is 0.341 e. The molecule has 5 nitrogen and oxygen atoms in total. The maximum Gasteiger partial charge on any atom is 0.225 e. The molecule has 0 aliphatic carbocycles. The molecule has 0 radical (unpaired) electrons. The van der Waals surface area contributed by atoms with Crippen molar-refractivity contribution in [2.24, 2.45) is 11.8 Å². The second kappa shape index (κ2) is 7.48. The zero-order chi connectivity index (χ0) is 17.1. The zero-order valence-corrected chi connectivity index (χ0v) is 15.0. The molecule has 0 amide bonds. The molecule has 132 valence electrons. The summed E-state index contributed by atoms with van der Waals surface area (Å²) < 4.78 is 0. The SMILES string of the molecule is Cc1ccnc(N2CC[C@@H](C3CCN(Cc4cccnc4)CC3)C2)n1. The number of rotatable bonds is 4. The third-order valence-corrected chi connectivity index (χ3v) is 5.72. The van der Waals surface area contributed by atoms with Crippen LogP contribution in [0.5, 0.6) is 0 Å². The van der Waals surface area contributed by atoms with Crippen molar-refractivity contribution in [2.45, 2.75) is 32.7 Å². The number of likely N-dealkylation sites (tertiary alicyclic amines) is 1. The fraction of sp³-hybridized carbons (Fsp3) is 0.550. The average molecular weight is 337 g/mol. The Morgan fingerprint density at radius 2 is 1.88 bits per heavy atom. The van der Waals surface area contributed by atoms with Gasteiger partial charge >= 0.3 is 0 Å². The lowest BCUT2D eigenvalue weighted by Crippen LogP contribution is -2.36. The number of aryl methyl sites for hydroxylation is 1. The Kier molecular flexibility index (Phi) is 4.92. The summed E-state index contributed by atoms with van der Waals surface area (Å²) in [5.41, 5.74) is 2.38. The molecule has 0 aromatic carbocycles. The lowest BCUT2D eigenvalue weighted by Gasteiger charge is -2.34. The molecule has 4 rings (SSSR count). The van der Waals surface area contributed by atoms with Gasteiger partial charge in [0, 0.05) is 43.9 Å². The van der Waals surface area contributed by atoms with Gasteiger partial charge in [-0.2, -0.15) is 0 Å². The third-order valence-electron chi connectivity index (χ3n) is 5.72. The van der Waals surface area contributed by atoms with Crippen LogP contribution in [0, 0.1) is 18.8 Å². The normalized spacial score (nSPS) is 22.4. The molecule has 0 bridgehead atoms. The second-order valence-corrected chi connectivity index (χ2v) is 7.47. The minimum absolute atomic E-state index is 0.796. The summed E-state index contributed by atoms with van der Waals surface area (Å²) in [6, 6.07) is 6.17. The Morgan fingerprint density at radius 1 is 1.04 bits per heavy atom. The van der Waals surface area contributed by atoms with Crippen molar-refractivity contribution in [2.75, 3.05) is 31.1 Å². The van der Waals surface area contributed by atoms with E-state index >= 15 is 0 Å². The molecular weight excluding hydrogens is 310 g/mol. The topological polar surface area (TPSA) is 45.2 Å². The number of pyridine rings is 1. The monoisotopic (exact) mass is 337 g/mol. The number of aromatic nitrogens is 3. The molecule has 2 aromatic heterocycles. The first-order valence-corrected chi connectivity index (χ1v) is 9.44. The summed E-state index contributed by atoms with van der Waals surface area (Å²) in [4.78, 5) is 18.2. The minimum Gasteiger partial charge on any atom is -0.341 e. The Balaban J connectivity index is 1.28. The Labute approximate surface area is 150 Å². The van der Waals surface area contributed by atoms with E-state index in [0.29, 0.717) is 0 Å². The van der Waals surface area contributed by atoms with Gasteiger partial charge in [0.15, 0.2) is 0 Å². The summed E-state index contributed by atoms with van der Waals surface area (Å²) in [7, 11) is 0. The van der Waals surface area contributed by atoms with Crippen molar-refractivity contribution in [1.82, 2.24) is 19.9 Å². The van der Waals surface area contributed by atoms with Gasteiger partial charge in [0.1, 0.15) is 0 Å². The summed E-state index contributed by atoms with van der Waals surface area (Å²) in [6.45, 7) is 7.71. The third kappa shape index (κ3) is 3.98. The predicted molar refractivity (Wildman–Crippen MR) is 99.3 cm³/mol. The van der Waals surface area contributed by atoms with Gasteiger partial charge in [-0.05, 0) is 68.8 Å². The first-order valence-electron chi connectivity index (χ1n) is 9.44. The van der Waals surface area contributed by atoms with E-state index < -0.39 is 0 Å². The summed E-state index contributed by atoms with van der Waals surface area (Å²) in [6.07, 6.45) is 9.62. The average Bonchev–Trinajstić information content (AvgIpc) is 3.13. The lowest BCUT2D eigenvalue weighted by molar-refractivity contribution is 0.147. The number of piperidine rings is 1. The van der Waals surface area contributed by atoms with Crippen LogP contribution >= 0.6 is 0 Å². The van der Waals surface area contributed by atoms with Gasteiger partial charge in [-0.25, -0.2) is 9.97 Å². The molecule has 25 heavy (non-hydrogen) atoms. The first kappa shape index (κ1) is 16.5. The number of anilines is 1. The van der Waals surface area contributed by atoms with Crippen molar-refractivity contribution in [1.29, 1.82) is 0 Å². The van der Waals surface area contributed by atoms with Crippen LogP contribution in [0.3, 0.4) is 0 Å². The van der Waals surface area contributed by atoms with Crippen molar-refractivity contribution >= 4 is 5.95 Å². The Morgan fingerprint density at radius 3 is 2.64 bits per heavy atom. The highest BCUT2D eigenvalue weighted by Crippen LogP contribution is 2.33. The van der Waals surface area contributed by atoms with Crippen molar-refractivity contribution < 1.29 is 0 Å². The van der Waals surface area contributed by atoms with Crippen LogP contribution in [-0.2, 0) is 6.54 Å². The highest BCUT2D eigenvalue weighted by atomic mass is 15.3. The van der Waals surface area contributed by atoms with E-state index in [-0.39, 0.29) is 0 Å². The van der Waals surface area contributed by atoms with Crippen molar-refractivity contribution in [3.8, 4) is 0 Å². The molecule has 2 fully saturated rings. The molecule has 2 aliphatic heterocycles. The van der Waals surface area contributed by atoms with Gasteiger partial charge in [-0.3, -0.25) is 9.88 Å². The van der Waals surface area contributed by atoms with Crippen LogP contribution in [0.25, 0.3) is 0 Å². The second-order valence-electron chi connectivity index (χ2n) is 7.47. The van der Waals surface area contributed by atoms with Crippen molar-refractivity contribution in [3.05, 3.63) is 48.0 Å². The molecule has 0 saturated carbocycles. The van der Waals surface area contributed by atoms with Gasteiger partial charge in [-0.15, -0.1) is 0 Å². The summed E-state index contributed by atoms with van der Waals surface area (Å²) >= 11 is 0. The van der Waals surface area contributed by atoms with Gasteiger partial charge in [0.05, 0.1) is 0 Å². The molecule has 2 aliphatic rings. The van der Waals surface area contributed by atoms with Crippen LogP contribution in [-0.4, -0.2) is 46.0 Å². The van der Waals surface area contributed by atoms with Crippen LogP contribution in [0.2, 0.25) is 0 Å². The molecule has 2 saturated heterocycles. The van der Waals surface area contributed by atoms with Crippen LogP contribution in [0.15, 0.2) is 36.8 Å². The van der Waals surface area contributed by atoms with E-state index in [1.165, 1.54) is 37.9 Å². The maximum atomic E-state index is 4.59. The van der Waals surface area contributed by atoms with E-state index in [9.17, 15) is 0 Å². The predicted octanol–water partition coefficient (Wildman–Crippen LogP) is 2.92. The standard InChI is InChI=1S/C20H27N5/c1-16-4-9-22-20(23-16)25-12-7-19(15-25)18-5-10-24(11-6-18)14-17-3-2-8-21-13-17/h2-4,8-9,13,18-19H,5-7,10-12,14-15H2,1H3/t19-/m1/s1. The number of hydrogen-bond acceptors (Lipinski definition) is 5. The van der Waals surface area contributed by atoms with Crippen molar-refractivity contribution in [3.63, 3.8) is 0 Å². The molecular formula is C20H27N5. The van der Waals surface area contributed by atoms with Gasteiger partial charge in [0.2, 0.25) is 5.95 Å². The van der Waals surface area contributed by atoms with E-state index in [0.717, 1.165) is 43.1 Å². The fourth-order valence-corrected chi connectivity index (χ4v) is 4.27. The Bertz CT molecular complexity index is 681. The number of hydrogen-bond donors (Lipinski definition) is 0. The van der Waals surface area contributed by atoms with Crippen LogP contribution < -0.4 is 4.90 Å². The van der Waals surface area contributed by atoms with Gasteiger partial charge < -0.3 is 4.90 Å². The van der Waals surface area contributed by atoms with E-state index in [1.807, 2.05) is 37.6 Å². The number of nitrogens with zero attached hydrogens (tertiary/aromatic N) is 5. The first-order chi connectivity index (χ1) is 12.3. The Hall–Kier alpha value is -2.01. The molecule has 5 heteroatoms. The van der Waals surface area contributed by atoms with Gasteiger partial charge in [-0.1, -0.05) is 6.07 Å². The molecule has 1 atom stereocenters. The molecule has 0 spiro atoms. The minimum atomic E-state index is 0.796. The zero-order valence-electron chi connectivity index (χ0n) is 15.0. The lowest BCUT2D eigenvalue weighted by atomic mass is 9.83. The van der Waals surface area contributed by atoms with E-state index in [2.05, 4.69) is 30.8 Å². The van der Waals surface area contributed by atoms with Gasteiger partial charge in [0.25, 0.3) is 0 Å².